The van der Waals surface area contributed by atoms with Crippen molar-refractivity contribution in [2.24, 2.45) is 12.0 Å². The van der Waals surface area contributed by atoms with Crippen molar-refractivity contribution in [3.8, 4) is 0 Å². The van der Waals surface area contributed by atoms with Gasteiger partial charge in [-0.3, -0.25) is 14.5 Å². The van der Waals surface area contributed by atoms with E-state index < -0.39 is 0 Å². The lowest BCUT2D eigenvalue weighted by atomic mass is 10.1. The Morgan fingerprint density at radius 2 is 1.88 bits per heavy atom. The maximum absolute atomic E-state index is 11.8. The lowest BCUT2D eigenvalue weighted by Gasteiger charge is -2.18. The van der Waals surface area contributed by atoms with E-state index in [2.05, 4.69) is 46.8 Å². The van der Waals surface area contributed by atoms with E-state index >= 15 is 0 Å². The topological polar surface area (TPSA) is 83.3 Å². The van der Waals surface area contributed by atoms with Gasteiger partial charge in [0.05, 0.1) is 5.69 Å². The van der Waals surface area contributed by atoms with Gasteiger partial charge in [0.2, 0.25) is 5.91 Å². The van der Waals surface area contributed by atoms with Crippen LogP contribution in [0.5, 0.6) is 0 Å². The summed E-state index contributed by atoms with van der Waals surface area (Å²) in [6.45, 7) is 10.9. The molecule has 0 saturated carbocycles. The molecule has 0 aliphatic heterocycles. The van der Waals surface area contributed by atoms with Crippen molar-refractivity contribution in [3.63, 3.8) is 0 Å². The molecule has 0 fully saturated rings. The number of halogens is 1. The van der Waals surface area contributed by atoms with E-state index in [1.807, 2.05) is 25.6 Å². The number of nitrogens with one attached hydrogen (secondary N) is 3. The van der Waals surface area contributed by atoms with Crippen LogP contribution in [0.1, 0.15) is 50.6 Å². The summed E-state index contributed by atoms with van der Waals surface area (Å²) in [5.74, 6) is 0.773. The van der Waals surface area contributed by atoms with Crippen LogP contribution < -0.4 is 16.0 Å². The molecule has 1 rings (SSSR count). The normalized spacial score (nSPS) is 13.6. The molecule has 1 amide bonds. The van der Waals surface area contributed by atoms with Crippen molar-refractivity contribution in [2.75, 3.05) is 13.6 Å². The number of amides is 1. The van der Waals surface area contributed by atoms with Gasteiger partial charge in [-0.05, 0) is 46.1 Å². The fourth-order valence-corrected chi connectivity index (χ4v) is 2.64. The molecule has 0 spiro atoms. The number of aryl methyl sites for hydroxylation is 2. The summed E-state index contributed by atoms with van der Waals surface area (Å²) < 4.78 is 1.92. The zero-order valence-corrected chi connectivity index (χ0v) is 19.5. The minimum Gasteiger partial charge on any atom is -0.356 e. The van der Waals surface area contributed by atoms with Crippen molar-refractivity contribution in [2.45, 2.75) is 66.0 Å². The van der Waals surface area contributed by atoms with Gasteiger partial charge in [-0.25, -0.2) is 0 Å². The van der Waals surface area contributed by atoms with E-state index in [0.29, 0.717) is 18.9 Å². The van der Waals surface area contributed by atoms with E-state index in [-0.39, 0.29) is 42.0 Å². The van der Waals surface area contributed by atoms with Crippen LogP contribution in [-0.4, -0.2) is 47.3 Å². The van der Waals surface area contributed by atoms with Crippen LogP contribution in [0.15, 0.2) is 4.99 Å². The number of hydrogen-bond donors (Lipinski definition) is 3. The monoisotopic (exact) mass is 478 g/mol. The Kier molecular flexibility index (Phi) is 11.5. The van der Waals surface area contributed by atoms with Crippen molar-refractivity contribution in [1.29, 1.82) is 0 Å². The Bertz CT molecular complexity index is 599. The quantitative estimate of drug-likeness (QED) is 0.304. The molecule has 1 aromatic rings. The fraction of sp³-hybridized carbons (Fsp3) is 0.722. The van der Waals surface area contributed by atoms with Crippen molar-refractivity contribution >= 4 is 35.8 Å². The maximum Gasteiger partial charge on any atom is 0.221 e. The molecule has 0 aliphatic rings. The Balaban J connectivity index is 0.00000625. The summed E-state index contributed by atoms with van der Waals surface area (Å²) in [6, 6.07) is 0.428. The first-order valence-corrected chi connectivity index (χ1v) is 9.04. The Labute approximate surface area is 174 Å². The van der Waals surface area contributed by atoms with Crippen LogP contribution in [0.2, 0.25) is 0 Å². The molecule has 0 saturated heterocycles. The first kappa shape index (κ1) is 24.7. The number of aromatic nitrogens is 2. The Morgan fingerprint density at radius 3 is 2.38 bits per heavy atom. The van der Waals surface area contributed by atoms with E-state index in [9.17, 15) is 4.79 Å². The molecule has 8 heteroatoms. The summed E-state index contributed by atoms with van der Waals surface area (Å²) in [7, 11) is 3.71. The standard InChI is InChI=1S/C18H34N6O.HI/c1-8-12(2)21-17(25)9-10-20-18(19-6)22-13(3)11-16-14(4)23-24(7)15(16)5;/h12-13H,8-11H2,1-7H3,(H,21,25)(H2,19,20,22);1H. The number of aliphatic imine (C=N–C) groups is 1. The van der Waals surface area contributed by atoms with E-state index in [0.717, 1.165) is 18.5 Å². The number of carbonyl (C=O) groups excluding carboxylic acids is 1. The zero-order valence-electron chi connectivity index (χ0n) is 17.1. The highest BCUT2D eigenvalue weighted by atomic mass is 127. The summed E-state index contributed by atoms with van der Waals surface area (Å²) in [5.41, 5.74) is 3.53. The smallest absolute Gasteiger partial charge is 0.221 e. The second-order valence-electron chi connectivity index (χ2n) is 6.65. The highest BCUT2D eigenvalue weighted by Crippen LogP contribution is 2.14. The van der Waals surface area contributed by atoms with Crippen molar-refractivity contribution < 1.29 is 4.79 Å². The first-order chi connectivity index (χ1) is 11.8. The third-order valence-corrected chi connectivity index (χ3v) is 4.44. The van der Waals surface area contributed by atoms with Crippen molar-refractivity contribution in [1.82, 2.24) is 25.7 Å². The second kappa shape index (κ2) is 12.1. The van der Waals surface area contributed by atoms with Gasteiger partial charge in [0.1, 0.15) is 0 Å². The third kappa shape index (κ3) is 7.92. The predicted molar refractivity (Wildman–Crippen MR) is 118 cm³/mol. The number of rotatable bonds is 8. The van der Waals surface area contributed by atoms with Gasteiger partial charge in [-0.2, -0.15) is 5.10 Å². The molecule has 0 bridgehead atoms. The average molecular weight is 478 g/mol. The van der Waals surface area contributed by atoms with Gasteiger partial charge in [0.25, 0.3) is 0 Å². The highest BCUT2D eigenvalue weighted by Gasteiger charge is 2.14. The van der Waals surface area contributed by atoms with Crippen molar-refractivity contribution in [3.05, 3.63) is 17.0 Å². The van der Waals surface area contributed by atoms with Gasteiger partial charge in [-0.15, -0.1) is 24.0 Å². The van der Waals surface area contributed by atoms with Crippen LogP contribution >= 0.6 is 24.0 Å². The van der Waals surface area contributed by atoms with Gasteiger partial charge >= 0.3 is 0 Å². The number of nitrogens with zero attached hydrogens (tertiary/aromatic N) is 3. The van der Waals surface area contributed by atoms with Gasteiger partial charge in [0, 0.05) is 44.8 Å². The maximum atomic E-state index is 11.8. The molecule has 2 unspecified atom stereocenters. The SMILES string of the molecule is CCC(C)NC(=O)CCNC(=NC)NC(C)Cc1c(C)nn(C)c1C.I. The van der Waals surface area contributed by atoms with Crippen LogP contribution in [-0.2, 0) is 18.3 Å². The minimum atomic E-state index is 0. The average Bonchev–Trinajstić information content (AvgIpc) is 2.79. The molecule has 7 nitrogen and oxygen atoms in total. The third-order valence-electron chi connectivity index (χ3n) is 4.44. The summed E-state index contributed by atoms with van der Waals surface area (Å²) >= 11 is 0. The second-order valence-corrected chi connectivity index (χ2v) is 6.65. The Morgan fingerprint density at radius 1 is 1.23 bits per heavy atom. The molecule has 26 heavy (non-hydrogen) atoms. The predicted octanol–water partition coefficient (Wildman–Crippen LogP) is 2.06. The molecular formula is C18H35IN6O. The molecule has 150 valence electrons. The molecule has 0 radical (unpaired) electrons. The Hall–Kier alpha value is -1.32. The van der Waals surface area contributed by atoms with Crippen LogP contribution in [0.3, 0.4) is 0 Å². The largest absolute Gasteiger partial charge is 0.356 e. The lowest BCUT2D eigenvalue weighted by Crippen LogP contribution is -2.44. The van der Waals surface area contributed by atoms with Gasteiger partial charge in [0.15, 0.2) is 5.96 Å². The first-order valence-electron chi connectivity index (χ1n) is 9.04. The van der Waals surface area contributed by atoms with E-state index in [4.69, 9.17) is 0 Å². The summed E-state index contributed by atoms with van der Waals surface area (Å²) in [5, 5.41) is 14.0. The van der Waals surface area contributed by atoms with E-state index in [1.165, 1.54) is 11.3 Å². The van der Waals surface area contributed by atoms with Crippen LogP contribution in [0.4, 0.5) is 0 Å². The minimum absolute atomic E-state index is 0. The van der Waals surface area contributed by atoms with Crippen LogP contribution in [0, 0.1) is 13.8 Å². The zero-order chi connectivity index (χ0) is 19.0. The summed E-state index contributed by atoms with van der Waals surface area (Å²) in [6.07, 6.45) is 2.24. The number of hydrogen-bond acceptors (Lipinski definition) is 3. The van der Waals surface area contributed by atoms with Gasteiger partial charge < -0.3 is 16.0 Å². The van der Waals surface area contributed by atoms with Gasteiger partial charge in [-0.1, -0.05) is 6.92 Å². The molecule has 1 aromatic heterocycles. The molecule has 0 aliphatic carbocycles. The van der Waals surface area contributed by atoms with E-state index in [1.54, 1.807) is 7.05 Å². The highest BCUT2D eigenvalue weighted by molar-refractivity contribution is 14.0. The number of carbonyl (C=O) groups is 1. The fourth-order valence-electron chi connectivity index (χ4n) is 2.64. The molecule has 0 aromatic carbocycles. The molecule has 1 heterocycles. The summed E-state index contributed by atoms with van der Waals surface area (Å²) in [4.78, 5) is 16.0. The molecule has 2 atom stereocenters. The molecular weight excluding hydrogens is 443 g/mol. The number of guanidine groups is 1. The lowest BCUT2D eigenvalue weighted by molar-refractivity contribution is -0.121. The van der Waals surface area contributed by atoms with Crippen LogP contribution in [0.25, 0.3) is 0 Å². The molecule has 3 N–H and O–H groups in total.